The number of benzene rings is 2. The fourth-order valence-electron chi connectivity index (χ4n) is 3.11. The quantitative estimate of drug-likeness (QED) is 0.698. The molecular weight excluding hydrogens is 368 g/mol. The summed E-state index contributed by atoms with van der Waals surface area (Å²) in [5.74, 6) is -0.636. The molecule has 150 valence electrons. The van der Waals surface area contributed by atoms with Gasteiger partial charge in [-0.1, -0.05) is 36.4 Å². The predicted octanol–water partition coefficient (Wildman–Crippen LogP) is 2.37. The van der Waals surface area contributed by atoms with Crippen molar-refractivity contribution in [1.82, 2.24) is 20.0 Å². The van der Waals surface area contributed by atoms with E-state index in [0.29, 0.717) is 23.0 Å². The van der Waals surface area contributed by atoms with Crippen molar-refractivity contribution in [2.24, 2.45) is 0 Å². The smallest absolute Gasteiger partial charge is 0.279 e. The van der Waals surface area contributed by atoms with Gasteiger partial charge < -0.3 is 10.2 Å². The Balaban J connectivity index is 2.10. The largest absolute Gasteiger partial charge is 0.352 e. The lowest BCUT2D eigenvalue weighted by atomic mass is 10.1. The molecule has 0 atom stereocenters. The van der Waals surface area contributed by atoms with E-state index in [1.807, 2.05) is 19.9 Å². The number of carbonyl (C=O) groups excluding carboxylic acids is 2. The van der Waals surface area contributed by atoms with Crippen LogP contribution in [0.2, 0.25) is 0 Å². The van der Waals surface area contributed by atoms with Crippen LogP contribution in [0, 0.1) is 0 Å². The second kappa shape index (κ2) is 8.68. The summed E-state index contributed by atoms with van der Waals surface area (Å²) in [5, 5.41) is 8.05. The molecule has 0 fully saturated rings. The van der Waals surface area contributed by atoms with Crippen LogP contribution in [-0.4, -0.2) is 45.6 Å². The fourth-order valence-corrected chi connectivity index (χ4v) is 3.11. The highest BCUT2D eigenvalue weighted by Crippen LogP contribution is 2.17. The van der Waals surface area contributed by atoms with Gasteiger partial charge in [0, 0.05) is 18.0 Å². The van der Waals surface area contributed by atoms with Crippen LogP contribution in [-0.2, 0) is 4.79 Å². The molecule has 0 saturated heterocycles. The van der Waals surface area contributed by atoms with Crippen LogP contribution in [0.3, 0.4) is 0 Å². The summed E-state index contributed by atoms with van der Waals surface area (Å²) >= 11 is 0. The number of nitrogens with zero attached hydrogens (tertiary/aromatic N) is 3. The van der Waals surface area contributed by atoms with E-state index in [2.05, 4.69) is 10.4 Å². The number of carbonyl (C=O) groups is 2. The molecule has 1 heterocycles. The van der Waals surface area contributed by atoms with Crippen LogP contribution in [0.15, 0.2) is 59.4 Å². The number of hydrogen-bond acceptors (Lipinski definition) is 4. The highest BCUT2D eigenvalue weighted by Gasteiger charge is 2.23. The normalized spacial score (nSPS) is 10.9. The van der Waals surface area contributed by atoms with Gasteiger partial charge in [0.05, 0.1) is 17.6 Å². The van der Waals surface area contributed by atoms with Crippen LogP contribution in [0.5, 0.6) is 0 Å². The molecule has 0 aliphatic heterocycles. The molecule has 1 N–H and O–H groups in total. The zero-order chi connectivity index (χ0) is 21.0. The summed E-state index contributed by atoms with van der Waals surface area (Å²) in [7, 11) is 0. The molecule has 0 unspecified atom stereocenters. The first kappa shape index (κ1) is 20.3. The van der Waals surface area contributed by atoms with Gasteiger partial charge in [-0.05, 0) is 39.0 Å². The molecule has 3 aromatic rings. The first-order valence-corrected chi connectivity index (χ1v) is 9.58. The second-order valence-corrected chi connectivity index (χ2v) is 6.99. The first-order valence-electron chi connectivity index (χ1n) is 9.58. The molecule has 3 rings (SSSR count). The number of amides is 2. The van der Waals surface area contributed by atoms with Crippen molar-refractivity contribution < 1.29 is 9.59 Å². The molecule has 2 aromatic carbocycles. The molecule has 0 bridgehead atoms. The Kier molecular flexibility index (Phi) is 6.07. The van der Waals surface area contributed by atoms with Crippen molar-refractivity contribution in [3.05, 3.63) is 70.6 Å². The van der Waals surface area contributed by atoms with Gasteiger partial charge in [-0.15, -0.1) is 0 Å². The minimum atomic E-state index is -0.396. The third-order valence-corrected chi connectivity index (χ3v) is 4.46. The maximum Gasteiger partial charge on any atom is 0.279 e. The van der Waals surface area contributed by atoms with Crippen molar-refractivity contribution in [2.75, 3.05) is 13.1 Å². The van der Waals surface area contributed by atoms with Crippen molar-refractivity contribution in [2.45, 2.75) is 26.8 Å². The SMILES string of the molecule is CCN(CC(=O)NC(C)C)C(=O)c1nn(-c2ccccc2)c(=O)c2ccccc12. The predicted molar refractivity (Wildman–Crippen MR) is 112 cm³/mol. The van der Waals surface area contributed by atoms with Crippen molar-refractivity contribution >= 4 is 22.6 Å². The van der Waals surface area contributed by atoms with Crippen LogP contribution in [0.4, 0.5) is 0 Å². The molecule has 7 nitrogen and oxygen atoms in total. The second-order valence-electron chi connectivity index (χ2n) is 6.99. The summed E-state index contributed by atoms with van der Waals surface area (Å²) in [5.41, 5.74) is 0.408. The van der Waals surface area contributed by atoms with E-state index in [9.17, 15) is 14.4 Å². The molecular formula is C22H24N4O3. The number of rotatable bonds is 6. The van der Waals surface area contributed by atoms with Crippen molar-refractivity contribution in [1.29, 1.82) is 0 Å². The molecule has 0 radical (unpaired) electrons. The zero-order valence-corrected chi connectivity index (χ0v) is 16.8. The summed E-state index contributed by atoms with van der Waals surface area (Å²) in [6, 6.07) is 15.8. The third-order valence-electron chi connectivity index (χ3n) is 4.46. The Morgan fingerprint density at radius 2 is 1.66 bits per heavy atom. The van der Waals surface area contributed by atoms with E-state index in [0.717, 1.165) is 0 Å². The van der Waals surface area contributed by atoms with Gasteiger partial charge in [0.1, 0.15) is 0 Å². The summed E-state index contributed by atoms with van der Waals surface area (Å²) in [6.45, 7) is 5.79. The Labute approximate surface area is 169 Å². The third kappa shape index (κ3) is 4.34. The van der Waals surface area contributed by atoms with Gasteiger partial charge in [0.2, 0.25) is 5.91 Å². The van der Waals surface area contributed by atoms with E-state index in [1.54, 1.807) is 55.5 Å². The Morgan fingerprint density at radius 3 is 2.28 bits per heavy atom. The number of hydrogen-bond donors (Lipinski definition) is 1. The van der Waals surface area contributed by atoms with Crippen LogP contribution in [0.1, 0.15) is 31.3 Å². The zero-order valence-electron chi connectivity index (χ0n) is 16.8. The monoisotopic (exact) mass is 392 g/mol. The van der Waals surface area contributed by atoms with Gasteiger partial charge in [-0.2, -0.15) is 9.78 Å². The van der Waals surface area contributed by atoms with E-state index in [-0.39, 0.29) is 29.7 Å². The van der Waals surface area contributed by atoms with Crippen molar-refractivity contribution in [3.8, 4) is 5.69 Å². The minimum absolute atomic E-state index is 0.0183. The number of fused-ring (bicyclic) bond motifs is 1. The lowest BCUT2D eigenvalue weighted by Gasteiger charge is -2.22. The average molecular weight is 392 g/mol. The Morgan fingerprint density at radius 1 is 1.03 bits per heavy atom. The summed E-state index contributed by atoms with van der Waals surface area (Å²) in [6.07, 6.45) is 0. The molecule has 29 heavy (non-hydrogen) atoms. The van der Waals surface area contributed by atoms with Crippen LogP contribution < -0.4 is 10.9 Å². The number of likely N-dealkylation sites (N-methyl/N-ethyl adjacent to an activating group) is 1. The van der Waals surface area contributed by atoms with E-state index in [1.165, 1.54) is 9.58 Å². The number of para-hydroxylation sites is 1. The molecule has 0 spiro atoms. The maximum absolute atomic E-state index is 13.3. The fraction of sp³-hybridized carbons (Fsp3) is 0.273. The topological polar surface area (TPSA) is 84.3 Å². The van der Waals surface area contributed by atoms with Gasteiger partial charge in [0.25, 0.3) is 11.5 Å². The summed E-state index contributed by atoms with van der Waals surface area (Å²) in [4.78, 5) is 39.8. The molecule has 1 aromatic heterocycles. The lowest BCUT2D eigenvalue weighted by molar-refractivity contribution is -0.122. The standard InChI is InChI=1S/C22H24N4O3/c1-4-25(14-19(27)23-15(2)3)22(29)20-17-12-8-9-13-18(17)21(28)26(24-20)16-10-6-5-7-11-16/h5-13,15H,4,14H2,1-3H3,(H,23,27). The van der Waals surface area contributed by atoms with Gasteiger partial charge in [-0.25, -0.2) is 0 Å². The highest BCUT2D eigenvalue weighted by atomic mass is 16.2. The summed E-state index contributed by atoms with van der Waals surface area (Å²) < 4.78 is 1.23. The molecule has 7 heteroatoms. The average Bonchev–Trinajstić information content (AvgIpc) is 2.72. The molecule has 0 aliphatic carbocycles. The number of aromatic nitrogens is 2. The molecule has 0 aliphatic rings. The van der Waals surface area contributed by atoms with Crippen LogP contribution >= 0.6 is 0 Å². The van der Waals surface area contributed by atoms with Gasteiger partial charge in [-0.3, -0.25) is 14.4 Å². The Bertz CT molecular complexity index is 1090. The minimum Gasteiger partial charge on any atom is -0.352 e. The molecule has 2 amide bonds. The van der Waals surface area contributed by atoms with E-state index in [4.69, 9.17) is 0 Å². The van der Waals surface area contributed by atoms with E-state index >= 15 is 0 Å². The van der Waals surface area contributed by atoms with E-state index < -0.39 is 5.91 Å². The highest BCUT2D eigenvalue weighted by molar-refractivity contribution is 6.05. The maximum atomic E-state index is 13.3. The Hall–Kier alpha value is -3.48. The van der Waals surface area contributed by atoms with Crippen molar-refractivity contribution in [3.63, 3.8) is 0 Å². The molecule has 0 saturated carbocycles. The first-order chi connectivity index (χ1) is 13.9. The van der Waals surface area contributed by atoms with Gasteiger partial charge >= 0.3 is 0 Å². The van der Waals surface area contributed by atoms with Crippen LogP contribution in [0.25, 0.3) is 16.5 Å². The lowest BCUT2D eigenvalue weighted by Crippen LogP contribution is -2.43. The number of nitrogens with one attached hydrogen (secondary N) is 1. The van der Waals surface area contributed by atoms with Gasteiger partial charge in [0.15, 0.2) is 5.69 Å².